The Bertz CT molecular complexity index is 904. The van der Waals surface area contributed by atoms with Crippen molar-refractivity contribution in [3.8, 4) is 11.3 Å². The summed E-state index contributed by atoms with van der Waals surface area (Å²) in [5.41, 5.74) is 5.67. The lowest BCUT2D eigenvalue weighted by atomic mass is 9.87. The third-order valence-electron chi connectivity index (χ3n) is 4.36. The van der Waals surface area contributed by atoms with E-state index < -0.39 is 0 Å². The van der Waals surface area contributed by atoms with Crippen LogP contribution in [-0.2, 0) is 5.41 Å². The first-order valence-electron chi connectivity index (χ1n) is 8.78. The monoisotopic (exact) mass is 344 g/mol. The molecule has 1 heterocycles. The zero-order valence-electron chi connectivity index (χ0n) is 15.7. The Kier molecular flexibility index (Phi) is 4.90. The third-order valence-corrected chi connectivity index (χ3v) is 4.36. The molecule has 1 aromatic heterocycles. The van der Waals surface area contributed by atoms with Crippen molar-refractivity contribution in [2.45, 2.75) is 33.1 Å². The van der Waals surface area contributed by atoms with Gasteiger partial charge in [0.1, 0.15) is 0 Å². The number of hydrogen-bond acceptors (Lipinski definition) is 2. The minimum absolute atomic E-state index is 0.0397. The molecule has 132 valence electrons. The Labute approximate surface area is 155 Å². The highest BCUT2D eigenvalue weighted by Gasteiger charge is 2.14. The first kappa shape index (κ1) is 17.9. The van der Waals surface area contributed by atoms with Crippen LogP contribution in [0.4, 0.5) is 5.69 Å². The van der Waals surface area contributed by atoms with E-state index in [9.17, 15) is 4.79 Å². The van der Waals surface area contributed by atoms with Crippen molar-refractivity contribution >= 4 is 11.6 Å². The number of amides is 1. The van der Waals surface area contributed by atoms with Crippen LogP contribution in [0.3, 0.4) is 0 Å². The summed E-state index contributed by atoms with van der Waals surface area (Å²) in [5, 5.41) is 2.96. The molecule has 0 bridgehead atoms. The molecule has 0 radical (unpaired) electrons. The maximum Gasteiger partial charge on any atom is 0.257 e. The van der Waals surface area contributed by atoms with Crippen molar-refractivity contribution in [1.29, 1.82) is 0 Å². The van der Waals surface area contributed by atoms with Gasteiger partial charge in [0.05, 0.1) is 11.3 Å². The molecule has 3 rings (SSSR count). The minimum atomic E-state index is -0.154. The second-order valence-corrected chi connectivity index (χ2v) is 7.58. The molecule has 0 aliphatic rings. The van der Waals surface area contributed by atoms with E-state index in [2.05, 4.69) is 56.2 Å². The SMILES string of the molecule is Cc1ccc(-c2ccc(C(=O)Nc3cccc(C(C)(C)C)c3)cn2)cc1. The summed E-state index contributed by atoms with van der Waals surface area (Å²) in [5.74, 6) is -0.154. The Morgan fingerprint density at radius 2 is 1.69 bits per heavy atom. The number of nitrogens with one attached hydrogen (secondary N) is 1. The number of nitrogens with zero attached hydrogens (tertiary/aromatic N) is 1. The van der Waals surface area contributed by atoms with Crippen molar-refractivity contribution in [1.82, 2.24) is 4.98 Å². The van der Waals surface area contributed by atoms with E-state index in [1.807, 2.05) is 42.5 Å². The molecule has 2 aromatic carbocycles. The van der Waals surface area contributed by atoms with Gasteiger partial charge in [-0.15, -0.1) is 0 Å². The smallest absolute Gasteiger partial charge is 0.257 e. The molecule has 3 heteroatoms. The van der Waals surface area contributed by atoms with Gasteiger partial charge in [0.15, 0.2) is 0 Å². The molecule has 0 saturated carbocycles. The Balaban J connectivity index is 1.75. The molecular formula is C23H24N2O. The zero-order chi connectivity index (χ0) is 18.7. The fourth-order valence-corrected chi connectivity index (χ4v) is 2.69. The second kappa shape index (κ2) is 7.12. The first-order valence-corrected chi connectivity index (χ1v) is 8.78. The number of pyridine rings is 1. The summed E-state index contributed by atoms with van der Waals surface area (Å²) in [4.78, 5) is 17.0. The van der Waals surface area contributed by atoms with E-state index in [-0.39, 0.29) is 11.3 Å². The van der Waals surface area contributed by atoms with Gasteiger partial charge in [0.2, 0.25) is 0 Å². The van der Waals surface area contributed by atoms with E-state index in [1.165, 1.54) is 11.1 Å². The van der Waals surface area contributed by atoms with Crippen LogP contribution in [0.25, 0.3) is 11.3 Å². The Hall–Kier alpha value is -2.94. The van der Waals surface area contributed by atoms with Gasteiger partial charge < -0.3 is 5.32 Å². The van der Waals surface area contributed by atoms with Gasteiger partial charge in [-0.1, -0.05) is 62.7 Å². The van der Waals surface area contributed by atoms with Crippen LogP contribution in [0, 0.1) is 6.92 Å². The number of aryl methyl sites for hydroxylation is 1. The summed E-state index contributed by atoms with van der Waals surface area (Å²) in [6.07, 6.45) is 1.62. The average Bonchev–Trinajstić information content (AvgIpc) is 2.62. The molecular weight excluding hydrogens is 320 g/mol. The standard InChI is InChI=1S/C23H24N2O/c1-16-8-10-17(11-9-16)21-13-12-18(15-24-21)22(26)25-20-7-5-6-19(14-20)23(2,3)4/h5-15H,1-4H3,(H,25,26). The lowest BCUT2D eigenvalue weighted by molar-refractivity contribution is 0.102. The molecule has 1 amide bonds. The Morgan fingerprint density at radius 3 is 2.31 bits per heavy atom. The van der Waals surface area contributed by atoms with Crippen LogP contribution in [0.1, 0.15) is 42.3 Å². The topological polar surface area (TPSA) is 42.0 Å². The van der Waals surface area contributed by atoms with Crippen LogP contribution in [0.5, 0.6) is 0 Å². The molecule has 0 unspecified atom stereocenters. The number of anilines is 1. The summed E-state index contributed by atoms with van der Waals surface area (Å²) in [7, 11) is 0. The first-order chi connectivity index (χ1) is 12.3. The van der Waals surface area contributed by atoms with E-state index in [0.29, 0.717) is 5.56 Å². The molecule has 0 aliphatic heterocycles. The van der Waals surface area contributed by atoms with Gasteiger partial charge in [-0.05, 0) is 42.2 Å². The summed E-state index contributed by atoms with van der Waals surface area (Å²) in [6, 6.07) is 19.8. The second-order valence-electron chi connectivity index (χ2n) is 7.58. The quantitative estimate of drug-likeness (QED) is 0.671. The molecule has 0 atom stereocenters. The van der Waals surface area contributed by atoms with E-state index >= 15 is 0 Å². The lowest BCUT2D eigenvalue weighted by Crippen LogP contribution is -2.14. The van der Waals surface area contributed by atoms with Crippen molar-refractivity contribution in [3.05, 3.63) is 83.6 Å². The number of hydrogen-bond donors (Lipinski definition) is 1. The van der Waals surface area contributed by atoms with Crippen molar-refractivity contribution in [2.75, 3.05) is 5.32 Å². The third kappa shape index (κ3) is 4.17. The van der Waals surface area contributed by atoms with Crippen molar-refractivity contribution in [3.63, 3.8) is 0 Å². The van der Waals surface area contributed by atoms with Gasteiger partial charge in [-0.2, -0.15) is 0 Å². The predicted molar refractivity (Wildman–Crippen MR) is 108 cm³/mol. The zero-order valence-corrected chi connectivity index (χ0v) is 15.7. The molecule has 3 aromatic rings. The highest BCUT2D eigenvalue weighted by molar-refractivity contribution is 6.04. The highest BCUT2D eigenvalue weighted by Crippen LogP contribution is 2.25. The molecule has 0 fully saturated rings. The van der Waals surface area contributed by atoms with Gasteiger partial charge in [0.25, 0.3) is 5.91 Å². The molecule has 1 N–H and O–H groups in total. The molecule has 0 spiro atoms. The predicted octanol–water partition coefficient (Wildman–Crippen LogP) is 5.61. The van der Waals surface area contributed by atoms with Crippen molar-refractivity contribution < 1.29 is 4.79 Å². The average molecular weight is 344 g/mol. The fourth-order valence-electron chi connectivity index (χ4n) is 2.69. The number of benzene rings is 2. The van der Waals surface area contributed by atoms with Crippen LogP contribution >= 0.6 is 0 Å². The minimum Gasteiger partial charge on any atom is -0.322 e. The number of aromatic nitrogens is 1. The summed E-state index contributed by atoms with van der Waals surface area (Å²) < 4.78 is 0. The van der Waals surface area contributed by atoms with E-state index in [4.69, 9.17) is 0 Å². The normalized spacial score (nSPS) is 11.2. The number of rotatable bonds is 3. The van der Waals surface area contributed by atoms with E-state index in [0.717, 1.165) is 16.9 Å². The van der Waals surface area contributed by atoms with Crippen LogP contribution in [-0.4, -0.2) is 10.9 Å². The molecule has 3 nitrogen and oxygen atoms in total. The van der Waals surface area contributed by atoms with Gasteiger partial charge >= 0.3 is 0 Å². The lowest BCUT2D eigenvalue weighted by Gasteiger charge is -2.19. The number of carbonyl (C=O) groups excluding carboxylic acids is 1. The van der Waals surface area contributed by atoms with Gasteiger partial charge in [-0.3, -0.25) is 9.78 Å². The largest absolute Gasteiger partial charge is 0.322 e. The van der Waals surface area contributed by atoms with Crippen LogP contribution < -0.4 is 5.32 Å². The molecule has 26 heavy (non-hydrogen) atoms. The maximum atomic E-state index is 12.5. The van der Waals surface area contributed by atoms with E-state index in [1.54, 1.807) is 6.20 Å². The summed E-state index contributed by atoms with van der Waals surface area (Å²) >= 11 is 0. The fraction of sp³-hybridized carbons (Fsp3) is 0.217. The van der Waals surface area contributed by atoms with Crippen LogP contribution in [0.2, 0.25) is 0 Å². The molecule has 0 saturated heterocycles. The number of carbonyl (C=O) groups is 1. The highest BCUT2D eigenvalue weighted by atomic mass is 16.1. The maximum absolute atomic E-state index is 12.5. The van der Waals surface area contributed by atoms with Crippen molar-refractivity contribution in [2.24, 2.45) is 0 Å². The van der Waals surface area contributed by atoms with Gasteiger partial charge in [-0.25, -0.2) is 0 Å². The summed E-state index contributed by atoms with van der Waals surface area (Å²) in [6.45, 7) is 8.52. The van der Waals surface area contributed by atoms with Gasteiger partial charge in [0, 0.05) is 17.4 Å². The molecule has 0 aliphatic carbocycles. The Morgan fingerprint density at radius 1 is 0.962 bits per heavy atom. The van der Waals surface area contributed by atoms with Crippen LogP contribution in [0.15, 0.2) is 66.9 Å².